The summed E-state index contributed by atoms with van der Waals surface area (Å²) in [6.45, 7) is 1.39. The van der Waals surface area contributed by atoms with Crippen molar-refractivity contribution < 1.29 is 27.2 Å². The Hall–Kier alpha value is -3.63. The first-order valence-corrected chi connectivity index (χ1v) is 10.7. The molecule has 0 aliphatic rings. The van der Waals surface area contributed by atoms with Gasteiger partial charge in [-0.15, -0.1) is 0 Å². The molecule has 0 aliphatic heterocycles. The molecule has 2 aromatic carbocycles. The quantitative estimate of drug-likeness (QED) is 0.491. The molecule has 1 heterocycles. The van der Waals surface area contributed by atoms with Crippen LogP contribution in [0.3, 0.4) is 0 Å². The molecule has 10 heteroatoms. The van der Waals surface area contributed by atoms with Crippen LogP contribution in [0.4, 0.5) is 11.4 Å². The molecule has 3 rings (SSSR count). The van der Waals surface area contributed by atoms with Crippen molar-refractivity contribution in [1.82, 2.24) is 4.72 Å². The van der Waals surface area contributed by atoms with Crippen LogP contribution >= 0.6 is 0 Å². The van der Waals surface area contributed by atoms with Crippen molar-refractivity contribution >= 4 is 33.2 Å². The molecule has 31 heavy (non-hydrogen) atoms. The van der Waals surface area contributed by atoms with E-state index in [1.165, 1.54) is 44.6 Å². The first-order chi connectivity index (χ1) is 14.8. The smallest absolute Gasteiger partial charge is 0.255 e. The maximum Gasteiger partial charge on any atom is 0.255 e. The van der Waals surface area contributed by atoms with Gasteiger partial charge in [0.1, 0.15) is 11.5 Å². The average Bonchev–Trinajstić information content (AvgIpc) is 3.26. The van der Waals surface area contributed by atoms with E-state index in [4.69, 9.17) is 9.15 Å². The van der Waals surface area contributed by atoms with E-state index in [1.54, 1.807) is 30.3 Å². The van der Waals surface area contributed by atoms with Gasteiger partial charge in [0, 0.05) is 18.2 Å². The number of furan rings is 1. The van der Waals surface area contributed by atoms with E-state index in [1.807, 2.05) is 0 Å². The molecule has 0 fully saturated rings. The zero-order chi connectivity index (χ0) is 22.4. The van der Waals surface area contributed by atoms with Gasteiger partial charge >= 0.3 is 0 Å². The van der Waals surface area contributed by atoms with Gasteiger partial charge < -0.3 is 19.8 Å². The van der Waals surface area contributed by atoms with Crippen molar-refractivity contribution in [2.45, 2.75) is 18.4 Å². The number of sulfonamides is 1. The van der Waals surface area contributed by atoms with Crippen molar-refractivity contribution in [3.63, 3.8) is 0 Å². The van der Waals surface area contributed by atoms with Crippen LogP contribution in [0.5, 0.6) is 5.75 Å². The van der Waals surface area contributed by atoms with Crippen LogP contribution in [-0.4, -0.2) is 27.3 Å². The van der Waals surface area contributed by atoms with Gasteiger partial charge in [0.25, 0.3) is 5.91 Å². The van der Waals surface area contributed by atoms with Crippen LogP contribution in [-0.2, 0) is 21.4 Å². The molecule has 1 aromatic heterocycles. The zero-order valence-corrected chi connectivity index (χ0v) is 17.7. The third-order valence-electron chi connectivity index (χ3n) is 4.21. The van der Waals surface area contributed by atoms with Gasteiger partial charge in [-0.1, -0.05) is 0 Å². The second-order valence-corrected chi connectivity index (χ2v) is 8.25. The first kappa shape index (κ1) is 22.1. The predicted molar refractivity (Wildman–Crippen MR) is 114 cm³/mol. The summed E-state index contributed by atoms with van der Waals surface area (Å²) in [4.78, 5) is 23.9. The summed E-state index contributed by atoms with van der Waals surface area (Å²) >= 11 is 0. The third-order valence-corrected chi connectivity index (χ3v) is 5.63. The van der Waals surface area contributed by atoms with Crippen molar-refractivity contribution in [2.24, 2.45) is 0 Å². The highest BCUT2D eigenvalue weighted by molar-refractivity contribution is 7.89. The van der Waals surface area contributed by atoms with Crippen LogP contribution in [0.1, 0.15) is 23.0 Å². The maximum atomic E-state index is 12.6. The molecule has 3 aromatic rings. The fourth-order valence-corrected chi connectivity index (χ4v) is 3.72. The van der Waals surface area contributed by atoms with Gasteiger partial charge in [0.05, 0.1) is 30.5 Å². The maximum absolute atomic E-state index is 12.6. The van der Waals surface area contributed by atoms with Crippen molar-refractivity contribution in [2.75, 3.05) is 17.7 Å². The average molecular weight is 443 g/mol. The lowest BCUT2D eigenvalue weighted by Gasteiger charge is -2.13. The lowest BCUT2D eigenvalue weighted by molar-refractivity contribution is -0.114. The van der Waals surface area contributed by atoms with Crippen LogP contribution in [0.25, 0.3) is 0 Å². The number of rotatable bonds is 8. The van der Waals surface area contributed by atoms with Gasteiger partial charge in [-0.25, -0.2) is 13.1 Å². The van der Waals surface area contributed by atoms with Crippen LogP contribution in [0, 0.1) is 0 Å². The van der Waals surface area contributed by atoms with E-state index in [-0.39, 0.29) is 22.9 Å². The van der Waals surface area contributed by atoms with E-state index in [9.17, 15) is 18.0 Å². The lowest BCUT2D eigenvalue weighted by atomic mass is 10.2. The molecule has 0 saturated carbocycles. The molecule has 162 valence electrons. The second-order valence-electron chi connectivity index (χ2n) is 6.48. The van der Waals surface area contributed by atoms with Gasteiger partial charge in [0.2, 0.25) is 15.9 Å². The van der Waals surface area contributed by atoms with Crippen molar-refractivity contribution in [1.29, 1.82) is 0 Å². The lowest BCUT2D eigenvalue weighted by Crippen LogP contribution is -2.23. The number of hydrogen-bond donors (Lipinski definition) is 3. The molecule has 0 bridgehead atoms. The Morgan fingerprint density at radius 1 is 1.03 bits per heavy atom. The van der Waals surface area contributed by atoms with Crippen LogP contribution in [0.2, 0.25) is 0 Å². The molecular formula is C21H21N3O6S. The second kappa shape index (κ2) is 9.45. The molecule has 9 nitrogen and oxygen atoms in total. The van der Waals surface area contributed by atoms with Gasteiger partial charge in [-0.3, -0.25) is 9.59 Å². The number of carbonyl (C=O) groups excluding carboxylic acids is 2. The highest BCUT2D eigenvalue weighted by Gasteiger charge is 2.16. The van der Waals surface area contributed by atoms with E-state index < -0.39 is 15.9 Å². The fourth-order valence-electron chi connectivity index (χ4n) is 2.73. The molecular weight excluding hydrogens is 422 g/mol. The van der Waals surface area contributed by atoms with E-state index in [0.717, 1.165) is 0 Å². The largest absolute Gasteiger partial charge is 0.495 e. The number of anilines is 2. The minimum Gasteiger partial charge on any atom is -0.495 e. The third kappa shape index (κ3) is 5.71. The minimum atomic E-state index is -3.77. The number of benzene rings is 2. The summed E-state index contributed by atoms with van der Waals surface area (Å²) in [7, 11) is -2.31. The summed E-state index contributed by atoms with van der Waals surface area (Å²) in [6, 6.07) is 13.6. The Labute approximate surface area is 179 Å². The molecule has 0 saturated heterocycles. The summed E-state index contributed by atoms with van der Waals surface area (Å²) in [5.74, 6) is 0.171. The molecule has 0 spiro atoms. The van der Waals surface area contributed by atoms with Gasteiger partial charge in [0.15, 0.2) is 0 Å². The van der Waals surface area contributed by atoms with Crippen LogP contribution in [0.15, 0.2) is 70.2 Å². The molecule has 2 amide bonds. The van der Waals surface area contributed by atoms with Gasteiger partial charge in [-0.05, 0) is 54.6 Å². The number of amides is 2. The van der Waals surface area contributed by atoms with E-state index >= 15 is 0 Å². The molecule has 0 atom stereocenters. The highest BCUT2D eigenvalue weighted by atomic mass is 32.2. The Bertz CT molecular complexity index is 1170. The van der Waals surface area contributed by atoms with Crippen LogP contribution < -0.4 is 20.1 Å². The summed E-state index contributed by atoms with van der Waals surface area (Å²) in [5.41, 5.74) is 1.10. The number of nitrogens with one attached hydrogen (secondary N) is 3. The first-order valence-electron chi connectivity index (χ1n) is 9.17. The Balaban J connectivity index is 1.72. The number of ether oxygens (including phenoxy) is 1. The van der Waals surface area contributed by atoms with Gasteiger partial charge in [-0.2, -0.15) is 0 Å². The summed E-state index contributed by atoms with van der Waals surface area (Å²) in [6.07, 6.45) is 1.46. The Kier molecular flexibility index (Phi) is 6.73. The normalized spacial score (nSPS) is 11.0. The minimum absolute atomic E-state index is 0.0147. The summed E-state index contributed by atoms with van der Waals surface area (Å²) < 4.78 is 37.6. The summed E-state index contributed by atoms with van der Waals surface area (Å²) in [5, 5.41) is 5.33. The number of carbonyl (C=O) groups is 2. The van der Waals surface area contributed by atoms with Crippen molar-refractivity contribution in [3.05, 3.63) is 72.2 Å². The monoisotopic (exact) mass is 443 g/mol. The number of hydrogen-bond acceptors (Lipinski definition) is 6. The Morgan fingerprint density at radius 2 is 1.77 bits per heavy atom. The topological polar surface area (TPSA) is 127 Å². The molecule has 3 N–H and O–H groups in total. The van der Waals surface area contributed by atoms with E-state index in [2.05, 4.69) is 15.4 Å². The molecule has 0 unspecified atom stereocenters. The zero-order valence-electron chi connectivity index (χ0n) is 16.8. The molecule has 0 aliphatic carbocycles. The Morgan fingerprint density at radius 3 is 2.39 bits per heavy atom. The number of methoxy groups -OCH3 is 1. The van der Waals surface area contributed by atoms with Crippen molar-refractivity contribution in [3.8, 4) is 5.75 Å². The SMILES string of the molecule is COc1ccc(NC(C)=O)cc1NC(=O)c1ccc(S(=O)(=O)NCc2ccco2)cc1. The fraction of sp³-hybridized carbons (Fsp3) is 0.143. The molecule has 0 radical (unpaired) electrons. The standard InChI is InChI=1S/C21H21N3O6S/c1-14(25)23-16-7-10-20(29-2)19(12-16)24-21(26)15-5-8-18(9-6-15)31(27,28)22-13-17-4-3-11-30-17/h3-12,22H,13H2,1-2H3,(H,23,25)(H,24,26). The predicted octanol–water partition coefficient (Wildman–Crippen LogP) is 2.98. The highest BCUT2D eigenvalue weighted by Crippen LogP contribution is 2.28. The van der Waals surface area contributed by atoms with E-state index in [0.29, 0.717) is 22.9 Å².